The van der Waals surface area contributed by atoms with Crippen molar-refractivity contribution in [3.8, 4) is 0 Å². The number of methoxy groups -OCH3 is 1. The zero-order valence-electron chi connectivity index (χ0n) is 5.62. The monoisotopic (exact) mass is 145 g/mol. The lowest BCUT2D eigenvalue weighted by Gasteiger charge is -1.93. The van der Waals surface area contributed by atoms with Crippen LogP contribution in [0, 0.1) is 0 Å². The Balaban J connectivity index is 2.59. The van der Waals surface area contributed by atoms with Crippen LogP contribution in [-0.2, 0) is 18.1 Å². The minimum atomic E-state index is -0.628. The van der Waals surface area contributed by atoms with Gasteiger partial charge in [0, 0.05) is 7.11 Å². The van der Waals surface area contributed by atoms with Crippen molar-refractivity contribution < 1.29 is 9.13 Å². The molecule has 5 heteroatoms. The van der Waals surface area contributed by atoms with Crippen molar-refractivity contribution in [3.05, 3.63) is 12.2 Å². The van der Waals surface area contributed by atoms with E-state index in [-0.39, 0.29) is 5.82 Å². The number of rotatable bonds is 3. The predicted octanol–water partition coefficient (Wildman–Crippen LogP) is 0.352. The molecule has 1 heterocycles. The summed E-state index contributed by atoms with van der Waals surface area (Å²) >= 11 is 0. The second-order valence-electron chi connectivity index (χ2n) is 1.75. The molecule has 0 spiro atoms. The molecule has 0 fully saturated rings. The van der Waals surface area contributed by atoms with Crippen LogP contribution in [0.3, 0.4) is 0 Å². The van der Waals surface area contributed by atoms with Gasteiger partial charge >= 0.3 is 0 Å². The Morgan fingerprint density at radius 2 is 2.60 bits per heavy atom. The third kappa shape index (κ3) is 1.51. The summed E-state index contributed by atoms with van der Waals surface area (Å²) in [6, 6.07) is 0. The van der Waals surface area contributed by atoms with Gasteiger partial charge in [-0.05, 0) is 0 Å². The van der Waals surface area contributed by atoms with Gasteiger partial charge in [0.15, 0.2) is 12.5 Å². The highest BCUT2D eigenvalue weighted by molar-refractivity contribution is 4.76. The second-order valence-corrected chi connectivity index (χ2v) is 1.75. The van der Waals surface area contributed by atoms with Crippen molar-refractivity contribution in [3.63, 3.8) is 0 Å². The van der Waals surface area contributed by atoms with Gasteiger partial charge in [-0.2, -0.15) is 5.10 Å². The summed E-state index contributed by atoms with van der Waals surface area (Å²) in [6.45, 7) is -0.316. The number of hydrogen-bond acceptors (Lipinski definition) is 3. The Bertz CT molecular complexity index is 201. The third-order valence-corrected chi connectivity index (χ3v) is 0.965. The summed E-state index contributed by atoms with van der Waals surface area (Å²) in [4.78, 5) is 3.65. The quantitative estimate of drug-likeness (QED) is 0.616. The molecule has 0 amide bonds. The van der Waals surface area contributed by atoms with Gasteiger partial charge < -0.3 is 4.74 Å². The van der Waals surface area contributed by atoms with Crippen LogP contribution >= 0.6 is 0 Å². The maximum atomic E-state index is 11.8. The van der Waals surface area contributed by atoms with Gasteiger partial charge in [0.1, 0.15) is 13.1 Å². The van der Waals surface area contributed by atoms with E-state index in [1.807, 2.05) is 0 Å². The van der Waals surface area contributed by atoms with Crippen LogP contribution in [0.4, 0.5) is 4.39 Å². The normalized spacial score (nSPS) is 10.2. The summed E-state index contributed by atoms with van der Waals surface area (Å²) in [6.07, 6.45) is 1.43. The van der Waals surface area contributed by atoms with Crippen molar-refractivity contribution in [1.82, 2.24) is 14.8 Å². The van der Waals surface area contributed by atoms with Crippen LogP contribution < -0.4 is 0 Å². The summed E-state index contributed by atoms with van der Waals surface area (Å²) in [5.74, 6) is 0.192. The van der Waals surface area contributed by atoms with Crippen molar-refractivity contribution in [2.75, 3.05) is 7.11 Å². The summed E-state index contributed by atoms with van der Waals surface area (Å²) in [5.41, 5.74) is 0. The predicted molar refractivity (Wildman–Crippen MR) is 31.8 cm³/mol. The van der Waals surface area contributed by atoms with E-state index in [1.54, 1.807) is 0 Å². The number of halogens is 1. The fraction of sp³-hybridized carbons (Fsp3) is 0.600. The first-order valence-corrected chi connectivity index (χ1v) is 2.80. The average molecular weight is 145 g/mol. The van der Waals surface area contributed by atoms with E-state index >= 15 is 0 Å². The fourth-order valence-corrected chi connectivity index (χ4v) is 0.589. The summed E-state index contributed by atoms with van der Waals surface area (Å²) in [5, 5.41) is 3.72. The van der Waals surface area contributed by atoms with Gasteiger partial charge in [0.25, 0.3) is 0 Å². The van der Waals surface area contributed by atoms with Crippen LogP contribution in [0.1, 0.15) is 5.82 Å². The van der Waals surface area contributed by atoms with Crippen LogP contribution in [-0.4, -0.2) is 21.9 Å². The molecule has 0 aliphatic carbocycles. The molecule has 4 nitrogen and oxygen atoms in total. The van der Waals surface area contributed by atoms with Crippen LogP contribution in [0.25, 0.3) is 0 Å². The molecule has 1 aromatic heterocycles. The van der Waals surface area contributed by atoms with Crippen molar-refractivity contribution >= 4 is 0 Å². The molecule has 1 rings (SSSR count). The Kier molecular flexibility index (Phi) is 2.33. The van der Waals surface area contributed by atoms with E-state index in [0.717, 1.165) is 0 Å². The molecular formula is C5H8FN3O. The standard InChI is InChI=1S/C5H8FN3O/c1-10-4-9-3-7-5(2-6)8-9/h3H,2,4H2,1H3. The Morgan fingerprint density at radius 3 is 3.10 bits per heavy atom. The van der Waals surface area contributed by atoms with Crippen LogP contribution in [0.15, 0.2) is 6.33 Å². The Morgan fingerprint density at radius 1 is 1.80 bits per heavy atom. The van der Waals surface area contributed by atoms with Crippen LogP contribution in [0.5, 0.6) is 0 Å². The third-order valence-electron chi connectivity index (χ3n) is 0.965. The number of ether oxygens (including phenoxy) is 1. The molecule has 0 saturated carbocycles. The van der Waals surface area contributed by atoms with Gasteiger partial charge in [-0.15, -0.1) is 0 Å². The lowest BCUT2D eigenvalue weighted by atomic mass is 10.7. The number of aromatic nitrogens is 3. The summed E-state index contributed by atoms with van der Waals surface area (Å²) in [7, 11) is 1.54. The van der Waals surface area contributed by atoms with Crippen LogP contribution in [0.2, 0.25) is 0 Å². The summed E-state index contributed by atoms with van der Waals surface area (Å²) < 4.78 is 17.9. The van der Waals surface area contributed by atoms with Gasteiger partial charge in [-0.1, -0.05) is 0 Å². The molecule has 0 aromatic carbocycles. The Labute approximate surface area is 57.6 Å². The molecule has 0 aliphatic heterocycles. The highest BCUT2D eigenvalue weighted by Gasteiger charge is 1.96. The van der Waals surface area contributed by atoms with Gasteiger partial charge in [0.05, 0.1) is 0 Å². The van der Waals surface area contributed by atoms with Crippen molar-refractivity contribution in [1.29, 1.82) is 0 Å². The second kappa shape index (κ2) is 3.26. The lowest BCUT2D eigenvalue weighted by molar-refractivity contribution is 0.120. The molecule has 56 valence electrons. The maximum absolute atomic E-state index is 11.8. The highest BCUT2D eigenvalue weighted by atomic mass is 19.1. The van der Waals surface area contributed by atoms with E-state index in [2.05, 4.69) is 10.1 Å². The molecule has 0 unspecified atom stereocenters. The van der Waals surface area contributed by atoms with E-state index in [0.29, 0.717) is 6.73 Å². The lowest BCUT2D eigenvalue weighted by Crippen LogP contribution is -2.00. The zero-order chi connectivity index (χ0) is 7.40. The first-order valence-electron chi connectivity index (χ1n) is 2.80. The molecule has 0 bridgehead atoms. The van der Waals surface area contributed by atoms with Gasteiger partial charge in [-0.3, -0.25) is 0 Å². The number of hydrogen-bond donors (Lipinski definition) is 0. The molecule has 0 atom stereocenters. The Hall–Kier alpha value is -0.970. The first-order chi connectivity index (χ1) is 4.86. The maximum Gasteiger partial charge on any atom is 0.181 e. The van der Waals surface area contributed by atoms with Gasteiger partial charge in [-0.25, -0.2) is 14.1 Å². The number of alkyl halides is 1. The minimum Gasteiger partial charge on any atom is -0.362 e. The molecule has 1 aromatic rings. The number of nitrogens with zero attached hydrogens (tertiary/aromatic N) is 3. The topological polar surface area (TPSA) is 39.9 Å². The van der Waals surface area contributed by atoms with E-state index < -0.39 is 6.67 Å². The van der Waals surface area contributed by atoms with E-state index in [1.165, 1.54) is 18.1 Å². The molecule has 10 heavy (non-hydrogen) atoms. The zero-order valence-corrected chi connectivity index (χ0v) is 5.62. The smallest absolute Gasteiger partial charge is 0.181 e. The van der Waals surface area contributed by atoms with Gasteiger partial charge in [0.2, 0.25) is 0 Å². The SMILES string of the molecule is COCn1cnc(CF)n1. The molecular weight excluding hydrogens is 137 g/mol. The minimum absolute atomic E-state index is 0.192. The van der Waals surface area contributed by atoms with E-state index in [9.17, 15) is 4.39 Å². The molecule has 0 saturated heterocycles. The first kappa shape index (κ1) is 7.14. The van der Waals surface area contributed by atoms with E-state index in [4.69, 9.17) is 4.74 Å². The fourth-order valence-electron chi connectivity index (χ4n) is 0.589. The van der Waals surface area contributed by atoms with Crippen molar-refractivity contribution in [2.24, 2.45) is 0 Å². The van der Waals surface area contributed by atoms with Crippen molar-refractivity contribution in [2.45, 2.75) is 13.4 Å². The average Bonchev–Trinajstić information content (AvgIpc) is 2.37. The highest BCUT2D eigenvalue weighted by Crippen LogP contribution is 1.91. The molecule has 0 aliphatic rings. The molecule has 0 N–H and O–H groups in total. The molecule has 0 radical (unpaired) electrons. The largest absolute Gasteiger partial charge is 0.362 e.